The van der Waals surface area contributed by atoms with Crippen molar-refractivity contribution in [3.63, 3.8) is 0 Å². The summed E-state index contributed by atoms with van der Waals surface area (Å²) in [5.74, 6) is 1.97. The molecule has 2 N–H and O–H groups in total. The van der Waals surface area contributed by atoms with E-state index in [2.05, 4.69) is 11.8 Å². The van der Waals surface area contributed by atoms with E-state index in [-0.39, 0.29) is 0 Å². The predicted octanol–water partition coefficient (Wildman–Crippen LogP) is 3.16. The molecule has 2 saturated heterocycles. The lowest BCUT2D eigenvalue weighted by Gasteiger charge is -2.49. The normalized spacial score (nSPS) is 46.0. The summed E-state index contributed by atoms with van der Waals surface area (Å²) in [5.41, 5.74) is 6.21. The van der Waals surface area contributed by atoms with Crippen LogP contribution in [0.3, 0.4) is 0 Å². The van der Waals surface area contributed by atoms with Gasteiger partial charge in [0.05, 0.1) is 0 Å². The number of hydrogen-bond acceptors (Lipinski definition) is 2. The molecular weight excluding hydrogens is 220 g/mol. The minimum atomic E-state index is 0.489. The molecule has 3 fully saturated rings. The molecule has 2 heteroatoms. The Morgan fingerprint density at radius 3 is 2.17 bits per heavy atom. The smallest absolute Gasteiger partial charge is 0.0113 e. The van der Waals surface area contributed by atoms with Crippen molar-refractivity contribution in [3.8, 4) is 0 Å². The van der Waals surface area contributed by atoms with E-state index in [9.17, 15) is 0 Å². The zero-order valence-electron chi connectivity index (χ0n) is 12.0. The second-order valence-electron chi connectivity index (χ2n) is 7.29. The van der Waals surface area contributed by atoms with Crippen molar-refractivity contribution in [2.75, 3.05) is 6.54 Å². The molecule has 0 radical (unpaired) electrons. The Morgan fingerprint density at radius 1 is 0.944 bits per heavy atom. The van der Waals surface area contributed by atoms with Crippen molar-refractivity contribution in [2.24, 2.45) is 17.6 Å². The number of nitrogens with two attached hydrogens (primary N) is 1. The Kier molecular flexibility index (Phi) is 3.95. The number of fused-ring (bicyclic) bond motifs is 2. The van der Waals surface area contributed by atoms with Gasteiger partial charge in [-0.05, 0) is 50.4 Å². The van der Waals surface area contributed by atoms with Crippen LogP contribution in [0.25, 0.3) is 0 Å². The summed E-state index contributed by atoms with van der Waals surface area (Å²) >= 11 is 0. The van der Waals surface area contributed by atoms with E-state index in [0.717, 1.165) is 23.9 Å². The van der Waals surface area contributed by atoms with Gasteiger partial charge in [-0.1, -0.05) is 26.2 Å². The van der Waals surface area contributed by atoms with Gasteiger partial charge < -0.3 is 5.73 Å². The minimum absolute atomic E-state index is 0.489. The van der Waals surface area contributed by atoms with Crippen molar-refractivity contribution in [1.82, 2.24) is 4.90 Å². The van der Waals surface area contributed by atoms with E-state index in [1.165, 1.54) is 64.3 Å². The Labute approximate surface area is 112 Å². The van der Waals surface area contributed by atoms with E-state index in [0.29, 0.717) is 6.04 Å². The van der Waals surface area contributed by atoms with Gasteiger partial charge in [0.25, 0.3) is 0 Å². The molecule has 2 bridgehead atoms. The van der Waals surface area contributed by atoms with E-state index in [1.807, 2.05) is 0 Å². The average molecular weight is 250 g/mol. The zero-order chi connectivity index (χ0) is 12.5. The lowest BCUT2D eigenvalue weighted by atomic mass is 9.78. The van der Waals surface area contributed by atoms with Gasteiger partial charge in [0.15, 0.2) is 0 Å². The molecule has 0 spiro atoms. The summed E-state index contributed by atoms with van der Waals surface area (Å²) < 4.78 is 0. The number of hydrogen-bond donors (Lipinski definition) is 1. The Balaban J connectivity index is 1.58. The lowest BCUT2D eigenvalue weighted by Crippen LogP contribution is -2.56. The molecule has 2 heterocycles. The second-order valence-corrected chi connectivity index (χ2v) is 7.29. The minimum Gasteiger partial charge on any atom is -0.328 e. The SMILES string of the molecule is CC1CCC(CN2C3CCCC2CC(N)C3)CC1. The summed E-state index contributed by atoms with van der Waals surface area (Å²) in [6.07, 6.45) is 12.7. The fourth-order valence-electron chi connectivity index (χ4n) is 4.63. The highest BCUT2D eigenvalue weighted by molar-refractivity contribution is 4.94. The first kappa shape index (κ1) is 12.9. The standard InChI is InChI=1S/C16H30N2/c1-12-5-7-13(8-6-12)11-18-15-3-2-4-16(18)10-14(17)9-15/h12-16H,2-11,17H2,1H3. The van der Waals surface area contributed by atoms with Crippen LogP contribution in [0.5, 0.6) is 0 Å². The molecule has 2 nitrogen and oxygen atoms in total. The molecule has 3 rings (SSSR count). The summed E-state index contributed by atoms with van der Waals surface area (Å²) in [6, 6.07) is 2.14. The van der Waals surface area contributed by atoms with Gasteiger partial charge in [0.1, 0.15) is 0 Å². The van der Waals surface area contributed by atoms with Gasteiger partial charge in [0.2, 0.25) is 0 Å². The topological polar surface area (TPSA) is 29.3 Å². The molecule has 104 valence electrons. The van der Waals surface area contributed by atoms with E-state index < -0.39 is 0 Å². The van der Waals surface area contributed by atoms with Gasteiger partial charge >= 0.3 is 0 Å². The van der Waals surface area contributed by atoms with Crippen LogP contribution in [0.1, 0.15) is 64.7 Å². The molecule has 3 aliphatic rings. The fraction of sp³-hybridized carbons (Fsp3) is 1.00. The maximum atomic E-state index is 6.21. The predicted molar refractivity (Wildman–Crippen MR) is 76.5 cm³/mol. The van der Waals surface area contributed by atoms with Crippen molar-refractivity contribution < 1.29 is 0 Å². The first-order chi connectivity index (χ1) is 8.72. The van der Waals surface area contributed by atoms with Gasteiger partial charge in [-0.2, -0.15) is 0 Å². The molecule has 1 aliphatic carbocycles. The summed E-state index contributed by atoms with van der Waals surface area (Å²) in [6.45, 7) is 3.81. The van der Waals surface area contributed by atoms with Crippen molar-refractivity contribution in [3.05, 3.63) is 0 Å². The van der Waals surface area contributed by atoms with Crippen molar-refractivity contribution >= 4 is 0 Å². The third kappa shape index (κ3) is 2.75. The zero-order valence-corrected chi connectivity index (χ0v) is 12.0. The third-order valence-corrected chi connectivity index (χ3v) is 5.77. The number of nitrogens with zero attached hydrogens (tertiary/aromatic N) is 1. The summed E-state index contributed by atoms with van der Waals surface area (Å²) in [4.78, 5) is 2.87. The maximum Gasteiger partial charge on any atom is 0.0113 e. The van der Waals surface area contributed by atoms with Crippen LogP contribution < -0.4 is 5.73 Å². The van der Waals surface area contributed by atoms with Crippen LogP contribution in [-0.4, -0.2) is 29.6 Å². The van der Waals surface area contributed by atoms with E-state index >= 15 is 0 Å². The molecule has 0 aromatic heterocycles. The molecule has 2 aliphatic heterocycles. The van der Waals surface area contributed by atoms with E-state index in [1.54, 1.807) is 0 Å². The molecule has 2 atom stereocenters. The van der Waals surface area contributed by atoms with Crippen LogP contribution in [0.2, 0.25) is 0 Å². The summed E-state index contributed by atoms with van der Waals surface area (Å²) in [7, 11) is 0. The van der Waals surface area contributed by atoms with Gasteiger partial charge in [-0.15, -0.1) is 0 Å². The first-order valence-electron chi connectivity index (χ1n) is 8.23. The highest BCUT2D eigenvalue weighted by atomic mass is 15.2. The van der Waals surface area contributed by atoms with Crippen LogP contribution in [-0.2, 0) is 0 Å². The Morgan fingerprint density at radius 2 is 1.56 bits per heavy atom. The van der Waals surface area contributed by atoms with Gasteiger partial charge in [-0.3, -0.25) is 4.90 Å². The highest BCUT2D eigenvalue weighted by Gasteiger charge is 2.38. The fourth-order valence-corrected chi connectivity index (χ4v) is 4.63. The van der Waals surface area contributed by atoms with Crippen molar-refractivity contribution in [2.45, 2.75) is 82.8 Å². The number of piperidine rings is 2. The molecule has 0 aromatic carbocycles. The average Bonchev–Trinajstić information content (AvgIpc) is 2.33. The number of rotatable bonds is 2. The van der Waals surface area contributed by atoms with Crippen LogP contribution in [0.15, 0.2) is 0 Å². The Bertz CT molecular complexity index is 256. The third-order valence-electron chi connectivity index (χ3n) is 5.77. The van der Waals surface area contributed by atoms with Crippen LogP contribution >= 0.6 is 0 Å². The summed E-state index contributed by atoms with van der Waals surface area (Å²) in [5, 5.41) is 0. The molecular formula is C16H30N2. The Hall–Kier alpha value is -0.0800. The molecule has 18 heavy (non-hydrogen) atoms. The van der Waals surface area contributed by atoms with Crippen LogP contribution in [0, 0.1) is 11.8 Å². The molecule has 1 saturated carbocycles. The van der Waals surface area contributed by atoms with E-state index in [4.69, 9.17) is 5.73 Å². The van der Waals surface area contributed by atoms with Gasteiger partial charge in [0, 0.05) is 24.7 Å². The largest absolute Gasteiger partial charge is 0.328 e. The molecule has 0 amide bonds. The highest BCUT2D eigenvalue weighted by Crippen LogP contribution is 2.36. The van der Waals surface area contributed by atoms with Gasteiger partial charge in [-0.25, -0.2) is 0 Å². The van der Waals surface area contributed by atoms with Crippen LogP contribution in [0.4, 0.5) is 0 Å². The molecule has 0 aromatic rings. The first-order valence-corrected chi connectivity index (χ1v) is 8.23. The second kappa shape index (κ2) is 5.50. The molecule has 2 unspecified atom stereocenters. The quantitative estimate of drug-likeness (QED) is 0.815. The lowest BCUT2D eigenvalue weighted by molar-refractivity contribution is 0.0121. The monoisotopic (exact) mass is 250 g/mol. The van der Waals surface area contributed by atoms with Crippen molar-refractivity contribution in [1.29, 1.82) is 0 Å². The maximum absolute atomic E-state index is 6.21.